The molecule has 3 amide bonds. The Bertz CT molecular complexity index is 2370. The molecule has 0 aliphatic carbocycles. The summed E-state index contributed by atoms with van der Waals surface area (Å²) in [7, 11) is 1.25. The summed E-state index contributed by atoms with van der Waals surface area (Å²) >= 11 is 0. The number of halogens is 2. The molecule has 3 aliphatic heterocycles. The molecule has 0 radical (unpaired) electrons. The van der Waals surface area contributed by atoms with Crippen LogP contribution < -0.4 is 21.3 Å². The zero-order valence-corrected chi connectivity index (χ0v) is 33.5. The van der Waals surface area contributed by atoms with Gasteiger partial charge in [0.25, 0.3) is 0 Å². The van der Waals surface area contributed by atoms with Crippen LogP contribution in [0.5, 0.6) is 0 Å². The number of methoxy groups -OCH3 is 1. The van der Waals surface area contributed by atoms with Gasteiger partial charge in [0.05, 0.1) is 36.8 Å². The van der Waals surface area contributed by atoms with E-state index in [1.165, 1.54) is 19.2 Å². The molecule has 14 heteroatoms. The maximum atomic E-state index is 15.9. The van der Waals surface area contributed by atoms with Gasteiger partial charge in [-0.1, -0.05) is 79.7 Å². The lowest BCUT2D eigenvalue weighted by molar-refractivity contribution is -0.135. The smallest absolute Gasteiger partial charge is 0.407 e. The van der Waals surface area contributed by atoms with Crippen LogP contribution >= 0.6 is 0 Å². The largest absolute Gasteiger partial charge is 0.453 e. The minimum Gasteiger partial charge on any atom is -0.453 e. The Morgan fingerprint density at radius 3 is 2.08 bits per heavy atom. The van der Waals surface area contributed by atoms with Gasteiger partial charge in [-0.25, -0.2) is 18.6 Å². The molecule has 60 heavy (non-hydrogen) atoms. The number of imidazole rings is 1. The maximum Gasteiger partial charge on any atom is 0.407 e. The number of amides is 3. The monoisotopic (exact) mass is 814 g/mol. The lowest BCUT2D eigenvalue weighted by Gasteiger charge is -2.33. The van der Waals surface area contributed by atoms with Gasteiger partial charge in [0.1, 0.15) is 35.7 Å². The number of H-pyrrole nitrogens is 1. The Morgan fingerprint density at radius 2 is 1.43 bits per heavy atom. The Labute approximate surface area is 347 Å². The first-order valence-electron chi connectivity index (χ1n) is 20.4. The van der Waals surface area contributed by atoms with E-state index in [4.69, 9.17) is 4.74 Å². The highest BCUT2D eigenvalue weighted by Gasteiger charge is 2.40. The minimum atomic E-state index is -0.935. The predicted octanol–water partition coefficient (Wildman–Crippen LogP) is 6.94. The summed E-state index contributed by atoms with van der Waals surface area (Å²) in [5, 5.41) is 12.6. The second kappa shape index (κ2) is 17.8. The highest BCUT2D eigenvalue weighted by molar-refractivity contribution is 5.87. The number of benzene rings is 4. The zero-order valence-electron chi connectivity index (χ0n) is 33.5. The molecule has 0 saturated carbocycles. The molecular weight excluding hydrogens is 767 g/mol. The molecule has 0 bridgehead atoms. The van der Waals surface area contributed by atoms with E-state index >= 15 is 8.78 Å². The molecule has 310 valence electrons. The molecule has 1 unspecified atom stereocenters. The first kappa shape index (κ1) is 40.2. The van der Waals surface area contributed by atoms with E-state index in [1.807, 2.05) is 48.2 Å². The number of carbonyl (C=O) groups excluding carboxylic acids is 3. The molecular formula is C46H48F2N8O4. The molecule has 8 rings (SSSR count). The van der Waals surface area contributed by atoms with Crippen LogP contribution in [0.25, 0.3) is 28.1 Å². The van der Waals surface area contributed by atoms with Crippen molar-refractivity contribution in [1.29, 1.82) is 0 Å². The van der Waals surface area contributed by atoms with Crippen molar-refractivity contribution >= 4 is 23.6 Å². The predicted molar refractivity (Wildman–Crippen MR) is 223 cm³/mol. The molecule has 0 spiro atoms. The van der Waals surface area contributed by atoms with Crippen LogP contribution in [-0.4, -0.2) is 76.6 Å². The molecule has 12 nitrogen and oxygen atoms in total. The Balaban J connectivity index is 0.932. The SMILES string of the molecule is CCN[C@@H](C(=O)N1CCC[C@H]1c1ncc(-c2ccc(-c3ccc(C4=CNC([C@@H]5CCCN5C(=O)[C@H](NC(=O)OC)c5ccccc5)N4)c(F)c3)cc2F)[nH]1)c1ccccc1. The van der Waals surface area contributed by atoms with E-state index in [-0.39, 0.29) is 23.9 Å². The number of alkyl carbamates (subject to hydrolysis) is 1. The van der Waals surface area contributed by atoms with Gasteiger partial charge in [-0.3, -0.25) is 9.59 Å². The fourth-order valence-corrected chi connectivity index (χ4v) is 8.62. The second-order valence-electron chi connectivity index (χ2n) is 15.2. The number of hydrogen-bond donors (Lipinski definition) is 5. The van der Waals surface area contributed by atoms with E-state index in [1.54, 1.807) is 65.8 Å². The lowest BCUT2D eigenvalue weighted by atomic mass is 10.00. The third kappa shape index (κ3) is 8.19. The highest BCUT2D eigenvalue weighted by Crippen LogP contribution is 2.36. The summed E-state index contributed by atoms with van der Waals surface area (Å²) in [4.78, 5) is 51.5. The number of ether oxygens (including phenoxy) is 1. The average molecular weight is 815 g/mol. The molecule has 2 saturated heterocycles. The number of likely N-dealkylation sites (N-methyl/N-ethyl adjacent to an activating group) is 1. The van der Waals surface area contributed by atoms with Gasteiger partial charge >= 0.3 is 6.09 Å². The van der Waals surface area contributed by atoms with Crippen molar-refractivity contribution in [3.8, 4) is 22.4 Å². The van der Waals surface area contributed by atoms with E-state index < -0.39 is 36.0 Å². The zero-order chi connectivity index (χ0) is 41.8. The number of rotatable bonds is 12. The standard InChI is InChI=1S/C46H48F2N8O4/c1-3-49-40(28-12-6-4-7-13-28)44(57)55-22-10-16-38(55)42-50-26-36(52-42)32-20-18-30(24-34(32)47)31-19-21-33(35(48)25-31)37-27-51-43(53-37)39-17-11-23-56(39)45(58)41(54-46(59)60-2)29-14-8-5-9-15-29/h4-9,12-15,18-21,24-27,38-41,43,49,51,53H,3,10-11,16-17,22-23H2,1-2H3,(H,50,52)(H,54,59)/t38-,39-,40+,41+,43?/m0/s1. The summed E-state index contributed by atoms with van der Waals surface area (Å²) in [6.45, 7) is 3.71. The molecule has 1 aromatic heterocycles. The van der Waals surface area contributed by atoms with Crippen LogP contribution in [0.1, 0.15) is 73.2 Å². The van der Waals surface area contributed by atoms with Crippen molar-refractivity contribution in [1.82, 2.24) is 41.0 Å². The van der Waals surface area contributed by atoms with Gasteiger partial charge in [0, 0.05) is 30.4 Å². The molecule has 4 aromatic carbocycles. The first-order chi connectivity index (χ1) is 29.2. The van der Waals surface area contributed by atoms with Gasteiger partial charge in [-0.2, -0.15) is 0 Å². The van der Waals surface area contributed by atoms with Crippen LogP contribution in [0.15, 0.2) is 109 Å². The summed E-state index contributed by atoms with van der Waals surface area (Å²) in [5.74, 6) is -0.684. The number of hydrogen-bond acceptors (Lipinski definition) is 8. The van der Waals surface area contributed by atoms with Crippen LogP contribution in [0.4, 0.5) is 13.6 Å². The third-order valence-corrected chi connectivity index (χ3v) is 11.6. The van der Waals surface area contributed by atoms with Gasteiger partial charge in [0.15, 0.2) is 0 Å². The van der Waals surface area contributed by atoms with Crippen LogP contribution in [0.2, 0.25) is 0 Å². The molecule has 5 N–H and O–H groups in total. The Morgan fingerprint density at radius 1 is 0.817 bits per heavy atom. The molecule has 2 fully saturated rings. The Kier molecular flexibility index (Phi) is 11.9. The number of nitrogens with one attached hydrogen (secondary N) is 5. The van der Waals surface area contributed by atoms with Gasteiger partial charge in [0.2, 0.25) is 11.8 Å². The van der Waals surface area contributed by atoms with Crippen LogP contribution in [-0.2, 0) is 14.3 Å². The number of carbonyl (C=O) groups is 3. The number of nitrogens with zero attached hydrogens (tertiary/aromatic N) is 3. The normalized spacial score (nSPS) is 19.6. The van der Waals surface area contributed by atoms with Gasteiger partial charge in [-0.15, -0.1) is 0 Å². The lowest BCUT2D eigenvalue weighted by Crippen LogP contribution is -2.54. The minimum absolute atomic E-state index is 0.0237. The van der Waals surface area contributed by atoms with Gasteiger partial charge < -0.3 is 40.8 Å². The van der Waals surface area contributed by atoms with E-state index in [0.29, 0.717) is 71.1 Å². The Hall–Kier alpha value is -6.54. The number of aromatic amines is 1. The van der Waals surface area contributed by atoms with E-state index in [9.17, 15) is 14.4 Å². The second-order valence-corrected chi connectivity index (χ2v) is 15.2. The summed E-state index contributed by atoms with van der Waals surface area (Å²) < 4.78 is 36.5. The quantitative estimate of drug-likeness (QED) is 0.0912. The third-order valence-electron chi connectivity index (χ3n) is 11.6. The van der Waals surface area contributed by atoms with Crippen LogP contribution in [0.3, 0.4) is 0 Å². The molecule has 5 aromatic rings. The number of aromatic nitrogens is 2. The highest BCUT2D eigenvalue weighted by atomic mass is 19.1. The van der Waals surface area contributed by atoms with Crippen molar-refractivity contribution in [2.75, 3.05) is 26.7 Å². The van der Waals surface area contributed by atoms with Crippen molar-refractivity contribution in [2.24, 2.45) is 0 Å². The first-order valence-corrected chi connectivity index (χ1v) is 20.4. The summed E-state index contributed by atoms with van der Waals surface area (Å²) in [6, 6.07) is 26.3. The van der Waals surface area contributed by atoms with Crippen molar-refractivity contribution in [3.63, 3.8) is 0 Å². The van der Waals surface area contributed by atoms with Crippen molar-refractivity contribution < 1.29 is 27.9 Å². The summed E-state index contributed by atoms with van der Waals surface area (Å²) in [6.07, 6.45) is 5.21. The van der Waals surface area contributed by atoms with Crippen LogP contribution in [0, 0.1) is 11.6 Å². The van der Waals surface area contributed by atoms with E-state index in [2.05, 4.69) is 31.2 Å². The van der Waals surface area contributed by atoms with Gasteiger partial charge in [-0.05, 0) is 78.7 Å². The fraction of sp³-hybridized carbons (Fsp3) is 0.304. The molecule has 3 aliphatic rings. The van der Waals surface area contributed by atoms with Crippen molar-refractivity contribution in [2.45, 2.75) is 62.9 Å². The topological polar surface area (TPSA) is 144 Å². The van der Waals surface area contributed by atoms with E-state index in [0.717, 1.165) is 24.8 Å². The number of likely N-dealkylation sites (tertiary alicyclic amines) is 2. The molecule has 5 atom stereocenters. The maximum absolute atomic E-state index is 15.9. The molecule has 4 heterocycles. The fourth-order valence-electron chi connectivity index (χ4n) is 8.62. The average Bonchev–Trinajstić information content (AvgIpc) is 4.12. The van der Waals surface area contributed by atoms with Crippen molar-refractivity contribution in [3.05, 3.63) is 144 Å². The summed E-state index contributed by atoms with van der Waals surface area (Å²) in [5.41, 5.74) is 4.18.